The molecule has 1 amide bonds. The molecule has 6 nitrogen and oxygen atoms in total. The topological polar surface area (TPSA) is 55.1 Å². The fourth-order valence-electron chi connectivity index (χ4n) is 3.81. The summed E-state index contributed by atoms with van der Waals surface area (Å²) in [4.78, 5) is 15.6. The van der Waals surface area contributed by atoms with E-state index in [1.54, 1.807) is 4.68 Å². The minimum absolute atomic E-state index is 0.0936. The third kappa shape index (κ3) is 5.64. The SMILES string of the molecule is CCN(CC)CCCC(C)NC(=O)c1cc(-c2cccn2C)nn1-c1ccc(C)cc1. The van der Waals surface area contributed by atoms with Gasteiger partial charge in [0.2, 0.25) is 0 Å². The zero-order valence-corrected chi connectivity index (χ0v) is 19.4. The van der Waals surface area contributed by atoms with Crippen molar-refractivity contribution in [2.75, 3.05) is 19.6 Å². The Bertz CT molecular complexity index is 982. The number of benzene rings is 1. The number of nitrogens with zero attached hydrogens (tertiary/aromatic N) is 4. The molecule has 2 heterocycles. The van der Waals surface area contributed by atoms with Crippen LogP contribution in [0.15, 0.2) is 48.7 Å². The first-order valence-electron chi connectivity index (χ1n) is 11.2. The summed E-state index contributed by atoms with van der Waals surface area (Å²) in [5.74, 6) is -0.0936. The monoisotopic (exact) mass is 421 g/mol. The smallest absolute Gasteiger partial charge is 0.270 e. The summed E-state index contributed by atoms with van der Waals surface area (Å²) < 4.78 is 3.76. The summed E-state index contributed by atoms with van der Waals surface area (Å²) in [7, 11) is 1.98. The lowest BCUT2D eigenvalue weighted by molar-refractivity contribution is 0.0929. The molecule has 3 rings (SSSR count). The van der Waals surface area contributed by atoms with Gasteiger partial charge in [0.1, 0.15) is 11.4 Å². The summed E-state index contributed by atoms with van der Waals surface area (Å²) in [6.45, 7) is 11.7. The lowest BCUT2D eigenvalue weighted by atomic mass is 10.1. The van der Waals surface area contributed by atoms with E-state index in [9.17, 15) is 4.79 Å². The Morgan fingerprint density at radius 1 is 1.16 bits per heavy atom. The Morgan fingerprint density at radius 2 is 1.87 bits per heavy atom. The van der Waals surface area contributed by atoms with Crippen LogP contribution in [0.2, 0.25) is 0 Å². The molecule has 1 unspecified atom stereocenters. The van der Waals surface area contributed by atoms with Crippen molar-refractivity contribution < 1.29 is 4.79 Å². The van der Waals surface area contributed by atoms with E-state index in [1.165, 1.54) is 5.56 Å². The second-order valence-electron chi connectivity index (χ2n) is 8.21. The van der Waals surface area contributed by atoms with Crippen molar-refractivity contribution in [2.24, 2.45) is 7.05 Å². The molecule has 1 aromatic carbocycles. The van der Waals surface area contributed by atoms with Gasteiger partial charge in [-0.05, 0) is 76.7 Å². The minimum atomic E-state index is -0.0936. The first kappa shape index (κ1) is 22.8. The van der Waals surface area contributed by atoms with E-state index in [1.807, 2.05) is 60.3 Å². The van der Waals surface area contributed by atoms with E-state index in [0.29, 0.717) is 5.69 Å². The number of amides is 1. The molecule has 0 fully saturated rings. The highest BCUT2D eigenvalue weighted by Crippen LogP contribution is 2.22. The number of carbonyl (C=O) groups excluding carboxylic acids is 1. The van der Waals surface area contributed by atoms with Crippen molar-refractivity contribution >= 4 is 5.91 Å². The summed E-state index contributed by atoms with van der Waals surface area (Å²) >= 11 is 0. The molecule has 2 aromatic heterocycles. The molecule has 0 aliphatic rings. The van der Waals surface area contributed by atoms with E-state index in [-0.39, 0.29) is 11.9 Å². The third-order valence-electron chi connectivity index (χ3n) is 5.81. The largest absolute Gasteiger partial charge is 0.349 e. The summed E-state index contributed by atoms with van der Waals surface area (Å²) in [5, 5.41) is 7.95. The number of nitrogens with one attached hydrogen (secondary N) is 1. The predicted octanol–water partition coefficient (Wildman–Crippen LogP) is 4.43. The van der Waals surface area contributed by atoms with Crippen LogP contribution in [-0.4, -0.2) is 50.8 Å². The van der Waals surface area contributed by atoms with E-state index in [4.69, 9.17) is 5.10 Å². The standard InChI is InChI=1S/C25H35N5O/c1-6-29(7-2)17-8-10-20(4)26-25(31)24-18-22(23-11-9-16-28(23)5)27-30(24)21-14-12-19(3)13-15-21/h9,11-16,18,20H,6-8,10,17H2,1-5H3,(H,26,31). The average Bonchev–Trinajstić information content (AvgIpc) is 3.38. The maximum Gasteiger partial charge on any atom is 0.270 e. The Balaban J connectivity index is 1.80. The van der Waals surface area contributed by atoms with E-state index in [0.717, 1.165) is 49.6 Å². The van der Waals surface area contributed by atoms with Crippen LogP contribution in [0, 0.1) is 6.92 Å². The normalized spacial score (nSPS) is 12.3. The van der Waals surface area contributed by atoms with Gasteiger partial charge in [-0.15, -0.1) is 0 Å². The highest BCUT2D eigenvalue weighted by atomic mass is 16.2. The molecule has 3 aromatic rings. The first-order chi connectivity index (χ1) is 14.9. The van der Waals surface area contributed by atoms with Gasteiger partial charge in [-0.1, -0.05) is 31.5 Å². The van der Waals surface area contributed by atoms with Crippen LogP contribution in [0.25, 0.3) is 17.1 Å². The molecule has 6 heteroatoms. The van der Waals surface area contributed by atoms with Crippen molar-refractivity contribution in [2.45, 2.75) is 46.6 Å². The molecule has 1 atom stereocenters. The van der Waals surface area contributed by atoms with E-state index < -0.39 is 0 Å². The number of hydrogen-bond donors (Lipinski definition) is 1. The van der Waals surface area contributed by atoms with Gasteiger partial charge in [0.05, 0.1) is 11.4 Å². The molecule has 0 aliphatic heterocycles. The third-order valence-corrected chi connectivity index (χ3v) is 5.81. The van der Waals surface area contributed by atoms with Crippen LogP contribution in [0.3, 0.4) is 0 Å². The summed E-state index contributed by atoms with van der Waals surface area (Å²) in [6, 6.07) is 14.1. The van der Waals surface area contributed by atoms with Gasteiger partial charge >= 0.3 is 0 Å². The molecule has 0 spiro atoms. The Hall–Kier alpha value is -2.86. The lowest BCUT2D eigenvalue weighted by Crippen LogP contribution is -2.34. The van der Waals surface area contributed by atoms with Crippen molar-refractivity contribution in [1.29, 1.82) is 0 Å². The number of carbonyl (C=O) groups is 1. The summed E-state index contributed by atoms with van der Waals surface area (Å²) in [6.07, 6.45) is 4.00. The van der Waals surface area contributed by atoms with Crippen molar-refractivity contribution in [3.05, 3.63) is 59.9 Å². The van der Waals surface area contributed by atoms with Gasteiger partial charge in [-0.25, -0.2) is 4.68 Å². The van der Waals surface area contributed by atoms with Gasteiger partial charge in [0.25, 0.3) is 5.91 Å². The van der Waals surface area contributed by atoms with Crippen LogP contribution in [-0.2, 0) is 7.05 Å². The molecular weight excluding hydrogens is 386 g/mol. The first-order valence-corrected chi connectivity index (χ1v) is 11.2. The molecule has 0 bridgehead atoms. The molecule has 0 radical (unpaired) electrons. The Morgan fingerprint density at radius 3 is 2.48 bits per heavy atom. The lowest BCUT2D eigenvalue weighted by Gasteiger charge is -2.20. The van der Waals surface area contributed by atoms with Crippen LogP contribution in [0.5, 0.6) is 0 Å². The van der Waals surface area contributed by atoms with Crippen LogP contribution >= 0.6 is 0 Å². The number of aryl methyl sites for hydroxylation is 2. The second kappa shape index (κ2) is 10.4. The van der Waals surface area contributed by atoms with Crippen molar-refractivity contribution in [1.82, 2.24) is 24.6 Å². The zero-order chi connectivity index (χ0) is 22.4. The highest BCUT2D eigenvalue weighted by molar-refractivity contribution is 5.94. The number of hydrogen-bond acceptors (Lipinski definition) is 3. The van der Waals surface area contributed by atoms with Crippen LogP contribution < -0.4 is 5.32 Å². The minimum Gasteiger partial charge on any atom is -0.349 e. The summed E-state index contributed by atoms with van der Waals surface area (Å²) in [5.41, 5.74) is 4.37. The van der Waals surface area contributed by atoms with Gasteiger partial charge < -0.3 is 14.8 Å². The second-order valence-corrected chi connectivity index (χ2v) is 8.21. The highest BCUT2D eigenvalue weighted by Gasteiger charge is 2.20. The van der Waals surface area contributed by atoms with Crippen LogP contribution in [0.4, 0.5) is 0 Å². The van der Waals surface area contributed by atoms with Gasteiger partial charge in [0, 0.05) is 19.3 Å². The molecule has 31 heavy (non-hydrogen) atoms. The molecule has 0 aliphatic carbocycles. The quantitative estimate of drug-likeness (QED) is 0.527. The molecular formula is C25H35N5O. The molecule has 1 N–H and O–H groups in total. The molecule has 0 saturated heterocycles. The maximum absolute atomic E-state index is 13.2. The van der Waals surface area contributed by atoms with Gasteiger partial charge in [-0.2, -0.15) is 5.10 Å². The van der Waals surface area contributed by atoms with E-state index in [2.05, 4.69) is 37.9 Å². The van der Waals surface area contributed by atoms with Gasteiger partial charge in [0.15, 0.2) is 0 Å². The predicted molar refractivity (Wildman–Crippen MR) is 127 cm³/mol. The number of rotatable bonds is 10. The van der Waals surface area contributed by atoms with Crippen molar-refractivity contribution in [3.63, 3.8) is 0 Å². The zero-order valence-electron chi connectivity index (χ0n) is 19.4. The maximum atomic E-state index is 13.2. The average molecular weight is 422 g/mol. The molecule has 166 valence electrons. The fourth-order valence-corrected chi connectivity index (χ4v) is 3.81. The van der Waals surface area contributed by atoms with Crippen LogP contribution in [0.1, 0.15) is 49.7 Å². The van der Waals surface area contributed by atoms with E-state index >= 15 is 0 Å². The Labute approximate surface area is 185 Å². The number of aromatic nitrogens is 3. The van der Waals surface area contributed by atoms with Crippen molar-refractivity contribution in [3.8, 4) is 17.1 Å². The van der Waals surface area contributed by atoms with Gasteiger partial charge in [-0.3, -0.25) is 4.79 Å². The Kier molecular flexibility index (Phi) is 7.69. The molecule has 0 saturated carbocycles. The fraction of sp³-hybridized carbons (Fsp3) is 0.440.